The fraction of sp³-hybridized carbons (Fsp3) is 0.188. The molecule has 5 heteroatoms. The van der Waals surface area contributed by atoms with E-state index in [0.717, 1.165) is 11.6 Å². The topological polar surface area (TPSA) is 20.3 Å². The van der Waals surface area contributed by atoms with Gasteiger partial charge in [-0.05, 0) is 23.8 Å². The molecule has 0 saturated carbocycles. The summed E-state index contributed by atoms with van der Waals surface area (Å²) in [4.78, 5) is 14.0. The summed E-state index contributed by atoms with van der Waals surface area (Å²) in [6, 6.07) is 13.6. The van der Waals surface area contributed by atoms with Gasteiger partial charge in [0, 0.05) is 24.5 Å². The number of carbonyl (C=O) groups excluding carboxylic acids is 1. The predicted molar refractivity (Wildman–Crippen MR) is 83.3 cm³/mol. The van der Waals surface area contributed by atoms with Crippen molar-refractivity contribution in [3.63, 3.8) is 0 Å². The summed E-state index contributed by atoms with van der Waals surface area (Å²) in [6.07, 6.45) is 0. The Morgan fingerprint density at radius 3 is 2.48 bits per heavy atom. The molecule has 0 aromatic heterocycles. The average molecular weight is 326 g/mol. The van der Waals surface area contributed by atoms with Crippen LogP contribution in [0.25, 0.3) is 0 Å². The minimum absolute atomic E-state index is 0.00139. The monoisotopic (exact) mass is 325 g/mol. The minimum atomic E-state index is -0.604. The Hall–Kier alpha value is -1.58. The molecule has 1 amide bonds. The lowest BCUT2D eigenvalue weighted by atomic mass is 10.1. The van der Waals surface area contributed by atoms with Crippen molar-refractivity contribution in [1.29, 1.82) is 0 Å². The Morgan fingerprint density at radius 1 is 1.14 bits per heavy atom. The Labute approximate surface area is 133 Å². The fourth-order valence-electron chi connectivity index (χ4n) is 1.97. The maximum atomic E-state index is 13.5. The molecule has 0 aliphatic rings. The molecule has 110 valence electrons. The van der Waals surface area contributed by atoms with Gasteiger partial charge in [0.05, 0.1) is 5.02 Å². The highest BCUT2D eigenvalue weighted by Crippen LogP contribution is 2.17. The number of halogens is 3. The zero-order chi connectivity index (χ0) is 15.2. The second-order valence-electron chi connectivity index (χ2n) is 4.53. The van der Waals surface area contributed by atoms with Crippen LogP contribution in [0, 0.1) is 5.82 Å². The van der Waals surface area contributed by atoms with Crippen LogP contribution in [-0.4, -0.2) is 23.2 Å². The average Bonchev–Trinajstić information content (AvgIpc) is 2.50. The van der Waals surface area contributed by atoms with E-state index in [1.54, 1.807) is 4.90 Å². The molecule has 0 N–H and O–H groups in total. The summed E-state index contributed by atoms with van der Waals surface area (Å²) >= 11 is 11.4. The van der Waals surface area contributed by atoms with E-state index in [9.17, 15) is 9.18 Å². The van der Waals surface area contributed by atoms with Gasteiger partial charge in [0.15, 0.2) is 0 Å². The largest absolute Gasteiger partial charge is 0.333 e. The van der Waals surface area contributed by atoms with E-state index in [1.165, 1.54) is 12.1 Å². The van der Waals surface area contributed by atoms with Crippen molar-refractivity contribution >= 4 is 29.1 Å². The van der Waals surface area contributed by atoms with Gasteiger partial charge in [-0.25, -0.2) is 4.39 Å². The Morgan fingerprint density at radius 2 is 1.86 bits per heavy atom. The standard InChI is InChI=1S/C16H14Cl2FNO/c17-8-9-20(11-12-4-2-1-3-5-12)16(21)13-6-7-14(18)15(19)10-13/h1-7,10H,8-9,11H2. The van der Waals surface area contributed by atoms with E-state index in [4.69, 9.17) is 23.2 Å². The van der Waals surface area contributed by atoms with E-state index in [2.05, 4.69) is 0 Å². The van der Waals surface area contributed by atoms with E-state index >= 15 is 0 Å². The molecule has 21 heavy (non-hydrogen) atoms. The van der Waals surface area contributed by atoms with E-state index in [0.29, 0.717) is 19.0 Å². The van der Waals surface area contributed by atoms with Crippen LogP contribution in [0.1, 0.15) is 15.9 Å². The molecule has 0 atom stereocenters. The molecule has 0 fully saturated rings. The zero-order valence-corrected chi connectivity index (χ0v) is 12.7. The molecule has 0 heterocycles. The lowest BCUT2D eigenvalue weighted by molar-refractivity contribution is 0.0753. The van der Waals surface area contributed by atoms with Gasteiger partial charge in [-0.2, -0.15) is 0 Å². The summed E-state index contributed by atoms with van der Waals surface area (Å²) in [7, 11) is 0. The third-order valence-electron chi connectivity index (χ3n) is 3.02. The van der Waals surface area contributed by atoms with Crippen molar-refractivity contribution in [1.82, 2.24) is 4.90 Å². The quantitative estimate of drug-likeness (QED) is 0.748. The SMILES string of the molecule is O=C(c1ccc(Cl)c(F)c1)N(CCCl)Cc1ccccc1. The first kappa shape index (κ1) is 15.8. The lowest BCUT2D eigenvalue weighted by Gasteiger charge is -2.22. The van der Waals surface area contributed by atoms with Gasteiger partial charge in [0.2, 0.25) is 0 Å². The van der Waals surface area contributed by atoms with Crippen molar-refractivity contribution in [2.24, 2.45) is 0 Å². The molecule has 0 radical (unpaired) electrons. The van der Waals surface area contributed by atoms with Gasteiger partial charge in [0.1, 0.15) is 5.82 Å². The van der Waals surface area contributed by atoms with Crippen LogP contribution in [-0.2, 0) is 6.54 Å². The molecule has 0 saturated heterocycles. The Kier molecular flexibility index (Phi) is 5.59. The molecular formula is C16H14Cl2FNO. The molecular weight excluding hydrogens is 312 g/mol. The van der Waals surface area contributed by atoms with Crippen molar-refractivity contribution in [2.75, 3.05) is 12.4 Å². The van der Waals surface area contributed by atoms with Crippen molar-refractivity contribution in [2.45, 2.75) is 6.54 Å². The molecule has 0 unspecified atom stereocenters. The summed E-state index contributed by atoms with van der Waals surface area (Å²) in [5.74, 6) is -0.558. The van der Waals surface area contributed by atoms with Crippen LogP contribution in [0.5, 0.6) is 0 Å². The number of benzene rings is 2. The highest BCUT2D eigenvalue weighted by atomic mass is 35.5. The van der Waals surface area contributed by atoms with Crippen LogP contribution in [0.3, 0.4) is 0 Å². The molecule has 0 bridgehead atoms. The maximum Gasteiger partial charge on any atom is 0.254 e. The molecule has 0 aliphatic carbocycles. The second-order valence-corrected chi connectivity index (χ2v) is 5.32. The van der Waals surface area contributed by atoms with Gasteiger partial charge in [-0.3, -0.25) is 4.79 Å². The third kappa shape index (κ3) is 4.19. The third-order valence-corrected chi connectivity index (χ3v) is 3.50. The Bertz CT molecular complexity index is 619. The van der Waals surface area contributed by atoms with Crippen LogP contribution in [0.15, 0.2) is 48.5 Å². The van der Waals surface area contributed by atoms with E-state index in [1.807, 2.05) is 30.3 Å². The first-order chi connectivity index (χ1) is 10.1. The highest BCUT2D eigenvalue weighted by molar-refractivity contribution is 6.30. The minimum Gasteiger partial charge on any atom is -0.333 e. The van der Waals surface area contributed by atoms with Crippen molar-refractivity contribution < 1.29 is 9.18 Å². The summed E-state index contributed by atoms with van der Waals surface area (Å²) in [5, 5.41) is -0.00139. The lowest BCUT2D eigenvalue weighted by Crippen LogP contribution is -2.32. The molecule has 2 nitrogen and oxygen atoms in total. The smallest absolute Gasteiger partial charge is 0.254 e. The van der Waals surface area contributed by atoms with Crippen molar-refractivity contribution in [3.05, 3.63) is 70.5 Å². The fourth-order valence-corrected chi connectivity index (χ4v) is 2.29. The number of alkyl halides is 1. The van der Waals surface area contributed by atoms with Gasteiger partial charge in [-0.15, -0.1) is 11.6 Å². The maximum absolute atomic E-state index is 13.5. The predicted octanol–water partition coefficient (Wildman–Crippen LogP) is 4.36. The summed E-state index contributed by atoms with van der Waals surface area (Å²) in [6.45, 7) is 0.816. The van der Waals surface area contributed by atoms with Crippen LogP contribution in [0.4, 0.5) is 4.39 Å². The van der Waals surface area contributed by atoms with Gasteiger partial charge < -0.3 is 4.90 Å². The molecule has 2 rings (SSSR count). The highest BCUT2D eigenvalue weighted by Gasteiger charge is 2.17. The number of nitrogens with zero attached hydrogens (tertiary/aromatic N) is 1. The van der Waals surface area contributed by atoms with Crippen LogP contribution >= 0.6 is 23.2 Å². The Balaban J connectivity index is 2.20. The number of amides is 1. The molecule has 0 aliphatic heterocycles. The van der Waals surface area contributed by atoms with Gasteiger partial charge in [0.25, 0.3) is 5.91 Å². The zero-order valence-electron chi connectivity index (χ0n) is 11.2. The number of hydrogen-bond donors (Lipinski definition) is 0. The summed E-state index contributed by atoms with van der Waals surface area (Å²) < 4.78 is 13.5. The van der Waals surface area contributed by atoms with E-state index in [-0.39, 0.29) is 16.5 Å². The number of hydrogen-bond acceptors (Lipinski definition) is 1. The van der Waals surface area contributed by atoms with Gasteiger partial charge >= 0.3 is 0 Å². The first-order valence-corrected chi connectivity index (χ1v) is 7.37. The second kappa shape index (κ2) is 7.43. The molecule has 0 spiro atoms. The number of carbonyl (C=O) groups is 1. The van der Waals surface area contributed by atoms with Gasteiger partial charge in [-0.1, -0.05) is 41.9 Å². The summed E-state index contributed by atoms with van der Waals surface area (Å²) in [5.41, 5.74) is 1.25. The van der Waals surface area contributed by atoms with E-state index < -0.39 is 5.82 Å². The number of rotatable bonds is 5. The van der Waals surface area contributed by atoms with Crippen LogP contribution in [0.2, 0.25) is 5.02 Å². The van der Waals surface area contributed by atoms with Crippen molar-refractivity contribution in [3.8, 4) is 0 Å². The first-order valence-electron chi connectivity index (χ1n) is 6.46. The molecule has 2 aromatic rings. The normalized spacial score (nSPS) is 10.4. The van der Waals surface area contributed by atoms with Crippen LogP contribution < -0.4 is 0 Å². The molecule has 2 aromatic carbocycles.